The van der Waals surface area contributed by atoms with E-state index in [1.807, 2.05) is 6.92 Å². The summed E-state index contributed by atoms with van der Waals surface area (Å²) in [6.45, 7) is 1.91. The van der Waals surface area contributed by atoms with Gasteiger partial charge in [0.25, 0.3) is 0 Å². The van der Waals surface area contributed by atoms with E-state index < -0.39 is 8.87 Å². The van der Waals surface area contributed by atoms with Crippen LogP contribution < -0.4 is 29.6 Å². The Labute approximate surface area is 100 Å². The summed E-state index contributed by atoms with van der Waals surface area (Å²) < 4.78 is 21.7. The molecule has 0 aromatic carbocycles. The van der Waals surface area contributed by atoms with Gasteiger partial charge in [0.2, 0.25) is 0 Å². The third-order valence-electron chi connectivity index (χ3n) is 1.56. The molecule has 0 saturated carbocycles. The molecule has 0 N–H and O–H groups in total. The van der Waals surface area contributed by atoms with Crippen LogP contribution in [0.4, 0.5) is 0 Å². The van der Waals surface area contributed by atoms with Gasteiger partial charge in [-0.05, 0) is 25.8 Å². The molecule has 0 aromatic heterocycles. The van der Waals surface area contributed by atoms with Crippen LogP contribution in [0.5, 0.6) is 0 Å². The van der Waals surface area contributed by atoms with Gasteiger partial charge in [0, 0.05) is 4.91 Å². The van der Waals surface area contributed by atoms with E-state index in [0.29, 0.717) is 0 Å². The van der Waals surface area contributed by atoms with Gasteiger partial charge in [-0.1, -0.05) is 11.6 Å². The molecule has 1 aliphatic rings. The van der Waals surface area contributed by atoms with Gasteiger partial charge in [-0.3, -0.25) is 0 Å². The molecule has 0 radical (unpaired) electrons. The molecule has 62 valence electrons. The smallest absolute Gasteiger partial charge is 0.644 e. The van der Waals surface area contributed by atoms with Gasteiger partial charge in [-0.15, -0.1) is 0 Å². The second-order valence-electron chi connectivity index (χ2n) is 2.59. The van der Waals surface area contributed by atoms with E-state index in [4.69, 9.17) is 0 Å². The van der Waals surface area contributed by atoms with E-state index in [0.717, 1.165) is 18.4 Å². The summed E-state index contributed by atoms with van der Waals surface area (Å²) in [7, 11) is -3.39. The first-order chi connectivity index (χ1) is 5.00. The van der Waals surface area contributed by atoms with E-state index in [9.17, 15) is 8.42 Å². The van der Waals surface area contributed by atoms with Gasteiger partial charge >= 0.3 is 29.6 Å². The van der Waals surface area contributed by atoms with Gasteiger partial charge in [-0.2, -0.15) is 0 Å². The average Bonchev–Trinajstić information content (AvgIpc) is 1.86. The topological polar surface area (TPSA) is 34.1 Å². The van der Waals surface area contributed by atoms with Crippen LogP contribution in [0.25, 0.3) is 0 Å². The fourth-order valence-electron chi connectivity index (χ4n) is 0.990. The normalized spacial score (nSPS) is 17.5. The first-order valence-corrected chi connectivity index (χ1v) is 5.74. The molecule has 0 aliphatic heterocycles. The quantitative estimate of drug-likeness (QED) is 0.301. The molecule has 0 fully saturated rings. The Balaban J connectivity index is 0.00000121. The standard InChI is InChI=1S/C7H10O2S2.Na/c1-6-3-2-4-7(5-6)11(8,9)10;/h4-5H,2-3H2,1H3,(H,8,9,10);/q;+1/p-1. The fraction of sp³-hybridized carbons (Fsp3) is 0.429. The number of hydrogen-bond acceptors (Lipinski definition) is 3. The molecule has 0 heterocycles. The van der Waals surface area contributed by atoms with Crippen molar-refractivity contribution in [1.29, 1.82) is 0 Å². The summed E-state index contributed by atoms with van der Waals surface area (Å²) in [5.41, 5.74) is 1.08. The zero-order valence-corrected chi connectivity index (χ0v) is 10.8. The minimum absolute atomic E-state index is 0. The Hall–Kier alpha value is 0.780. The van der Waals surface area contributed by atoms with Crippen LogP contribution in [0.1, 0.15) is 19.8 Å². The first kappa shape index (κ1) is 12.8. The summed E-state index contributed by atoms with van der Waals surface area (Å²) in [4.78, 5) is 0.288. The summed E-state index contributed by atoms with van der Waals surface area (Å²) >= 11 is 4.32. The summed E-state index contributed by atoms with van der Waals surface area (Å²) in [6, 6.07) is 0. The zero-order chi connectivity index (χ0) is 8.48. The van der Waals surface area contributed by atoms with E-state index in [1.165, 1.54) is 0 Å². The Kier molecular flexibility index (Phi) is 5.18. The van der Waals surface area contributed by atoms with Gasteiger partial charge < -0.3 is 11.7 Å². The van der Waals surface area contributed by atoms with Gasteiger partial charge in [-0.25, -0.2) is 8.42 Å². The molecule has 0 atom stereocenters. The van der Waals surface area contributed by atoms with Crippen LogP contribution in [0, 0.1) is 0 Å². The second-order valence-corrected chi connectivity index (χ2v) is 5.29. The van der Waals surface area contributed by atoms with Crippen LogP contribution in [0.15, 0.2) is 22.6 Å². The van der Waals surface area contributed by atoms with Crippen molar-refractivity contribution in [1.82, 2.24) is 0 Å². The predicted molar refractivity (Wildman–Crippen MR) is 47.4 cm³/mol. The van der Waals surface area contributed by atoms with Crippen LogP contribution in [-0.4, -0.2) is 8.42 Å². The van der Waals surface area contributed by atoms with Gasteiger partial charge in [0.1, 0.15) is 0 Å². The van der Waals surface area contributed by atoms with E-state index >= 15 is 0 Å². The second kappa shape index (κ2) is 4.86. The maximum absolute atomic E-state index is 10.8. The molecule has 0 bridgehead atoms. The van der Waals surface area contributed by atoms with Crippen molar-refractivity contribution in [3.63, 3.8) is 0 Å². The Morgan fingerprint density at radius 1 is 1.50 bits per heavy atom. The number of rotatable bonds is 1. The maximum atomic E-state index is 10.8. The SMILES string of the molecule is CC1=CC(S(=O)(=O)[S-])=CCC1.[Na+]. The molecule has 0 spiro atoms. The first-order valence-electron chi connectivity index (χ1n) is 3.33. The van der Waals surface area contributed by atoms with Crippen molar-refractivity contribution < 1.29 is 38.0 Å². The molecule has 5 heteroatoms. The van der Waals surface area contributed by atoms with E-state index in [2.05, 4.69) is 11.7 Å². The third kappa shape index (κ3) is 3.66. The van der Waals surface area contributed by atoms with Crippen molar-refractivity contribution in [3.8, 4) is 0 Å². The number of allylic oxidation sites excluding steroid dienone is 3. The van der Waals surface area contributed by atoms with Crippen molar-refractivity contribution in [3.05, 3.63) is 22.6 Å². The summed E-state index contributed by atoms with van der Waals surface area (Å²) in [5, 5.41) is 0. The maximum Gasteiger partial charge on any atom is 1.00 e. The molecule has 0 aromatic rings. The molecule has 0 saturated heterocycles. The van der Waals surface area contributed by atoms with E-state index in [1.54, 1.807) is 12.2 Å². The minimum atomic E-state index is -3.39. The molecule has 1 aliphatic carbocycles. The van der Waals surface area contributed by atoms with Crippen LogP contribution >= 0.6 is 0 Å². The Morgan fingerprint density at radius 3 is 2.42 bits per heavy atom. The van der Waals surface area contributed by atoms with Crippen LogP contribution in [0.2, 0.25) is 0 Å². The average molecular weight is 212 g/mol. The predicted octanol–water partition coefficient (Wildman–Crippen LogP) is -1.51. The monoisotopic (exact) mass is 212 g/mol. The minimum Gasteiger partial charge on any atom is -0.644 e. The molecular weight excluding hydrogens is 203 g/mol. The molecule has 1 rings (SSSR count). The van der Waals surface area contributed by atoms with Crippen molar-refractivity contribution in [2.24, 2.45) is 0 Å². The Morgan fingerprint density at radius 2 is 2.08 bits per heavy atom. The Bertz CT molecular complexity index is 314. The van der Waals surface area contributed by atoms with Crippen LogP contribution in [0.3, 0.4) is 0 Å². The molecule has 0 unspecified atom stereocenters. The molecule has 0 amide bonds. The van der Waals surface area contributed by atoms with Gasteiger partial charge in [0.05, 0.1) is 8.87 Å². The summed E-state index contributed by atoms with van der Waals surface area (Å²) in [6.07, 6.45) is 5.04. The molecule has 12 heavy (non-hydrogen) atoms. The van der Waals surface area contributed by atoms with E-state index in [-0.39, 0.29) is 34.5 Å². The van der Waals surface area contributed by atoms with Crippen molar-refractivity contribution >= 4 is 20.5 Å². The van der Waals surface area contributed by atoms with Crippen LogP contribution in [-0.2, 0) is 20.5 Å². The largest absolute Gasteiger partial charge is 1.00 e. The summed E-state index contributed by atoms with van der Waals surface area (Å²) in [5.74, 6) is 0. The van der Waals surface area contributed by atoms with Crippen molar-refractivity contribution in [2.75, 3.05) is 0 Å². The number of hydrogen-bond donors (Lipinski definition) is 0. The molecular formula is C7H9NaO2S2. The fourth-order valence-corrected chi connectivity index (χ4v) is 2.01. The zero-order valence-electron chi connectivity index (χ0n) is 7.20. The van der Waals surface area contributed by atoms with Gasteiger partial charge in [0.15, 0.2) is 0 Å². The van der Waals surface area contributed by atoms with Crippen molar-refractivity contribution in [2.45, 2.75) is 19.8 Å². The molecule has 2 nitrogen and oxygen atoms in total. The third-order valence-corrected chi connectivity index (χ3v) is 3.00.